The van der Waals surface area contributed by atoms with Crippen LogP contribution in [0.3, 0.4) is 0 Å². The van der Waals surface area contributed by atoms with Gasteiger partial charge in [-0.1, -0.05) is 30.3 Å². The number of carbonyl (C=O) groups excluding carboxylic acids is 1. The maximum Gasteiger partial charge on any atom is 0.246 e. The van der Waals surface area contributed by atoms with Crippen LogP contribution in [0.25, 0.3) is 0 Å². The van der Waals surface area contributed by atoms with Crippen molar-refractivity contribution >= 4 is 11.6 Å². The van der Waals surface area contributed by atoms with Crippen molar-refractivity contribution in [2.45, 2.75) is 20.5 Å². The van der Waals surface area contributed by atoms with E-state index in [4.69, 9.17) is 4.74 Å². The van der Waals surface area contributed by atoms with Gasteiger partial charge in [0.15, 0.2) is 0 Å². The molecule has 1 amide bonds. The van der Waals surface area contributed by atoms with Crippen molar-refractivity contribution in [3.8, 4) is 0 Å². The van der Waals surface area contributed by atoms with Crippen LogP contribution >= 0.6 is 0 Å². The molecule has 0 aliphatic heterocycles. The van der Waals surface area contributed by atoms with Gasteiger partial charge in [0.05, 0.1) is 24.3 Å². The summed E-state index contributed by atoms with van der Waals surface area (Å²) in [5.74, 6) is -0.0927. The molecule has 0 atom stereocenters. The first-order valence-corrected chi connectivity index (χ1v) is 7.55. The molecule has 1 N–H and O–H groups in total. The van der Waals surface area contributed by atoms with E-state index >= 15 is 0 Å². The highest BCUT2D eigenvalue weighted by Gasteiger charge is 2.29. The molecule has 0 fully saturated rings. The predicted octanol–water partition coefficient (Wildman–Crippen LogP) is 2.79. The Morgan fingerprint density at radius 3 is 2.48 bits per heavy atom. The van der Waals surface area contributed by atoms with E-state index in [2.05, 4.69) is 10.4 Å². The number of anilines is 1. The Morgan fingerprint density at radius 1 is 1.17 bits per heavy atom. The van der Waals surface area contributed by atoms with Crippen LogP contribution in [0, 0.1) is 5.41 Å². The summed E-state index contributed by atoms with van der Waals surface area (Å²) in [4.78, 5) is 16.4. The SMILES string of the molecule is CN(NC(=O)C(C)(C)COCc1ccccc1)c1ccncc1. The Balaban J connectivity index is 1.84. The van der Waals surface area contributed by atoms with E-state index in [0.717, 1.165) is 11.3 Å². The van der Waals surface area contributed by atoms with Crippen molar-refractivity contribution in [1.29, 1.82) is 0 Å². The van der Waals surface area contributed by atoms with Crippen molar-refractivity contribution in [3.63, 3.8) is 0 Å². The number of carbonyl (C=O) groups is 1. The summed E-state index contributed by atoms with van der Waals surface area (Å²) < 4.78 is 5.70. The zero-order valence-corrected chi connectivity index (χ0v) is 13.8. The van der Waals surface area contributed by atoms with E-state index in [1.165, 1.54) is 0 Å². The molecule has 122 valence electrons. The molecule has 0 radical (unpaired) electrons. The van der Waals surface area contributed by atoms with Crippen LogP contribution in [0.4, 0.5) is 5.69 Å². The van der Waals surface area contributed by atoms with Crippen molar-refractivity contribution in [2.75, 3.05) is 18.7 Å². The molecule has 0 saturated heterocycles. The number of ether oxygens (including phenoxy) is 1. The van der Waals surface area contributed by atoms with Gasteiger partial charge in [-0.15, -0.1) is 0 Å². The number of hydrazine groups is 1. The van der Waals surface area contributed by atoms with Crippen molar-refractivity contribution in [1.82, 2.24) is 10.4 Å². The van der Waals surface area contributed by atoms with Gasteiger partial charge in [-0.25, -0.2) is 0 Å². The van der Waals surface area contributed by atoms with Crippen LogP contribution in [0.1, 0.15) is 19.4 Å². The fourth-order valence-electron chi connectivity index (χ4n) is 2.00. The molecule has 1 heterocycles. The van der Waals surface area contributed by atoms with Crippen molar-refractivity contribution in [2.24, 2.45) is 5.41 Å². The van der Waals surface area contributed by atoms with E-state index in [1.807, 2.05) is 56.3 Å². The lowest BCUT2D eigenvalue weighted by Crippen LogP contribution is -2.47. The molecular formula is C18H23N3O2. The molecule has 2 aromatic rings. The average molecular weight is 313 g/mol. The second kappa shape index (κ2) is 7.74. The summed E-state index contributed by atoms with van der Waals surface area (Å²) in [6.07, 6.45) is 3.37. The number of aromatic nitrogens is 1. The maximum atomic E-state index is 12.4. The number of rotatable bonds is 7. The fourth-order valence-corrected chi connectivity index (χ4v) is 2.00. The fraction of sp³-hybridized carbons (Fsp3) is 0.333. The summed E-state index contributed by atoms with van der Waals surface area (Å²) in [5, 5.41) is 1.68. The lowest BCUT2D eigenvalue weighted by Gasteiger charge is -2.28. The van der Waals surface area contributed by atoms with Gasteiger partial charge in [0, 0.05) is 19.4 Å². The van der Waals surface area contributed by atoms with E-state index < -0.39 is 5.41 Å². The number of pyridine rings is 1. The van der Waals surface area contributed by atoms with Gasteiger partial charge >= 0.3 is 0 Å². The largest absolute Gasteiger partial charge is 0.376 e. The summed E-state index contributed by atoms with van der Waals surface area (Å²) in [7, 11) is 1.80. The maximum absolute atomic E-state index is 12.4. The summed E-state index contributed by atoms with van der Waals surface area (Å²) in [5.41, 5.74) is 4.21. The minimum atomic E-state index is -0.629. The molecule has 0 aliphatic rings. The number of hydrogen-bond acceptors (Lipinski definition) is 4. The van der Waals surface area contributed by atoms with E-state index in [1.54, 1.807) is 24.5 Å². The number of nitrogens with zero attached hydrogens (tertiary/aromatic N) is 2. The highest BCUT2D eigenvalue weighted by molar-refractivity contribution is 5.83. The molecule has 0 saturated carbocycles. The molecular weight excluding hydrogens is 290 g/mol. The van der Waals surface area contributed by atoms with Gasteiger partial charge in [-0.2, -0.15) is 0 Å². The normalized spacial score (nSPS) is 11.1. The summed E-state index contributed by atoms with van der Waals surface area (Å²) in [6, 6.07) is 13.6. The zero-order valence-electron chi connectivity index (χ0n) is 13.8. The first-order valence-electron chi connectivity index (χ1n) is 7.55. The lowest BCUT2D eigenvalue weighted by molar-refractivity contribution is -0.133. The Bertz CT molecular complexity index is 615. The minimum absolute atomic E-state index is 0.0927. The van der Waals surface area contributed by atoms with Crippen LogP contribution in [-0.4, -0.2) is 24.5 Å². The molecule has 0 unspecified atom stereocenters. The Kier molecular flexibility index (Phi) is 5.71. The van der Waals surface area contributed by atoms with Gasteiger partial charge in [-0.3, -0.25) is 20.2 Å². The third kappa shape index (κ3) is 5.07. The first-order chi connectivity index (χ1) is 11.0. The summed E-state index contributed by atoms with van der Waals surface area (Å²) in [6.45, 7) is 4.58. The molecule has 5 nitrogen and oxygen atoms in total. The minimum Gasteiger partial charge on any atom is -0.376 e. The first kappa shape index (κ1) is 17.0. The Hall–Kier alpha value is -2.40. The van der Waals surface area contributed by atoms with Crippen molar-refractivity contribution in [3.05, 3.63) is 60.4 Å². The van der Waals surface area contributed by atoms with Crippen molar-refractivity contribution < 1.29 is 9.53 Å². The van der Waals surface area contributed by atoms with Crippen LogP contribution in [-0.2, 0) is 16.1 Å². The van der Waals surface area contributed by atoms with Gasteiger partial charge < -0.3 is 4.74 Å². The van der Waals surface area contributed by atoms with Crippen LogP contribution in [0.15, 0.2) is 54.9 Å². The Labute approximate surface area is 137 Å². The quantitative estimate of drug-likeness (QED) is 0.799. The number of hydrogen-bond donors (Lipinski definition) is 1. The summed E-state index contributed by atoms with van der Waals surface area (Å²) >= 11 is 0. The molecule has 5 heteroatoms. The monoisotopic (exact) mass is 313 g/mol. The average Bonchev–Trinajstić information content (AvgIpc) is 2.56. The highest BCUT2D eigenvalue weighted by Crippen LogP contribution is 2.18. The second-order valence-electron chi connectivity index (χ2n) is 6.07. The molecule has 23 heavy (non-hydrogen) atoms. The van der Waals surface area contributed by atoms with Gasteiger partial charge in [0.1, 0.15) is 0 Å². The third-order valence-electron chi connectivity index (χ3n) is 3.51. The highest BCUT2D eigenvalue weighted by atomic mass is 16.5. The Morgan fingerprint density at radius 2 is 1.83 bits per heavy atom. The number of nitrogens with one attached hydrogen (secondary N) is 1. The van der Waals surface area contributed by atoms with Gasteiger partial charge in [0.25, 0.3) is 0 Å². The predicted molar refractivity (Wildman–Crippen MR) is 90.7 cm³/mol. The van der Waals surface area contributed by atoms with Crippen LogP contribution < -0.4 is 10.4 Å². The molecule has 0 bridgehead atoms. The smallest absolute Gasteiger partial charge is 0.246 e. The van der Waals surface area contributed by atoms with Crippen LogP contribution in [0.5, 0.6) is 0 Å². The molecule has 0 spiro atoms. The topological polar surface area (TPSA) is 54.5 Å². The molecule has 2 rings (SSSR count). The number of benzene rings is 1. The van der Waals surface area contributed by atoms with E-state index in [0.29, 0.717) is 13.2 Å². The molecule has 1 aromatic heterocycles. The zero-order chi connectivity index (χ0) is 16.7. The van der Waals surface area contributed by atoms with E-state index in [-0.39, 0.29) is 5.91 Å². The van der Waals surface area contributed by atoms with E-state index in [9.17, 15) is 4.79 Å². The molecule has 0 aliphatic carbocycles. The molecule has 1 aromatic carbocycles. The third-order valence-corrected chi connectivity index (χ3v) is 3.51. The standard InChI is InChI=1S/C18H23N3O2/c1-18(2,14-23-13-15-7-5-4-6-8-15)17(22)20-21(3)16-9-11-19-12-10-16/h4-12H,13-14H2,1-3H3,(H,20,22). The van der Waals surface area contributed by atoms with Crippen LogP contribution in [0.2, 0.25) is 0 Å². The van der Waals surface area contributed by atoms with Gasteiger partial charge in [0.2, 0.25) is 5.91 Å². The lowest BCUT2D eigenvalue weighted by atomic mass is 9.94. The second-order valence-corrected chi connectivity index (χ2v) is 6.07. The van der Waals surface area contributed by atoms with Gasteiger partial charge in [-0.05, 0) is 31.5 Å². The number of amides is 1.